The molecule has 0 saturated heterocycles. The SMILES string of the molecule is CCCC(COC)NCc1ccc([Si](C)(C)C)cc1. The van der Waals surface area contributed by atoms with Crippen LogP contribution in [-0.4, -0.2) is 27.8 Å². The summed E-state index contributed by atoms with van der Waals surface area (Å²) >= 11 is 0. The fourth-order valence-corrected chi connectivity index (χ4v) is 3.35. The molecular weight excluding hydrogens is 250 g/mol. The van der Waals surface area contributed by atoms with E-state index in [1.807, 2.05) is 0 Å². The zero-order chi connectivity index (χ0) is 14.3. The molecule has 3 heteroatoms. The molecule has 1 aromatic rings. The van der Waals surface area contributed by atoms with Crippen LogP contribution in [0.2, 0.25) is 19.6 Å². The first-order valence-corrected chi connectivity index (χ1v) is 10.8. The molecule has 0 amide bonds. The molecule has 0 fully saturated rings. The van der Waals surface area contributed by atoms with Crippen LogP contribution >= 0.6 is 0 Å². The largest absolute Gasteiger partial charge is 0.383 e. The van der Waals surface area contributed by atoms with Gasteiger partial charge in [-0.1, -0.05) is 62.4 Å². The van der Waals surface area contributed by atoms with E-state index in [4.69, 9.17) is 4.74 Å². The molecule has 0 spiro atoms. The number of rotatable bonds is 8. The van der Waals surface area contributed by atoms with E-state index in [1.165, 1.54) is 23.6 Å². The van der Waals surface area contributed by atoms with Crippen LogP contribution in [-0.2, 0) is 11.3 Å². The molecule has 2 nitrogen and oxygen atoms in total. The second kappa shape index (κ2) is 7.83. The number of hydrogen-bond acceptors (Lipinski definition) is 2. The molecule has 108 valence electrons. The third-order valence-electron chi connectivity index (χ3n) is 3.42. The van der Waals surface area contributed by atoms with E-state index in [1.54, 1.807) is 7.11 Å². The summed E-state index contributed by atoms with van der Waals surface area (Å²) in [6.45, 7) is 11.1. The van der Waals surface area contributed by atoms with Gasteiger partial charge in [0, 0.05) is 19.7 Å². The summed E-state index contributed by atoms with van der Waals surface area (Å²) < 4.78 is 5.25. The Labute approximate surface area is 119 Å². The summed E-state index contributed by atoms with van der Waals surface area (Å²) in [5.41, 5.74) is 1.36. The van der Waals surface area contributed by atoms with Crippen molar-refractivity contribution in [1.29, 1.82) is 0 Å². The summed E-state index contributed by atoms with van der Waals surface area (Å²) in [6, 6.07) is 9.59. The molecule has 0 saturated carbocycles. The van der Waals surface area contributed by atoms with Crippen LogP contribution in [0.3, 0.4) is 0 Å². The lowest BCUT2D eigenvalue weighted by molar-refractivity contribution is 0.161. The van der Waals surface area contributed by atoms with Crippen molar-refractivity contribution in [3.63, 3.8) is 0 Å². The highest BCUT2D eigenvalue weighted by Crippen LogP contribution is 2.05. The van der Waals surface area contributed by atoms with Gasteiger partial charge in [0.05, 0.1) is 14.7 Å². The van der Waals surface area contributed by atoms with E-state index in [2.05, 4.69) is 56.1 Å². The molecular formula is C16H29NOSi. The third kappa shape index (κ3) is 5.89. The smallest absolute Gasteiger partial charge is 0.0775 e. The first-order chi connectivity index (χ1) is 8.97. The van der Waals surface area contributed by atoms with E-state index >= 15 is 0 Å². The van der Waals surface area contributed by atoms with Gasteiger partial charge < -0.3 is 10.1 Å². The topological polar surface area (TPSA) is 21.3 Å². The highest BCUT2D eigenvalue weighted by Gasteiger charge is 2.15. The van der Waals surface area contributed by atoms with E-state index in [0.29, 0.717) is 6.04 Å². The zero-order valence-electron chi connectivity index (χ0n) is 13.1. The molecule has 19 heavy (non-hydrogen) atoms. The van der Waals surface area contributed by atoms with Crippen molar-refractivity contribution < 1.29 is 4.74 Å². The van der Waals surface area contributed by atoms with Gasteiger partial charge in [0.1, 0.15) is 0 Å². The maximum Gasteiger partial charge on any atom is 0.0775 e. The maximum absolute atomic E-state index is 5.25. The Morgan fingerprint density at radius 2 is 1.79 bits per heavy atom. The van der Waals surface area contributed by atoms with Gasteiger partial charge in [-0.15, -0.1) is 0 Å². The Balaban J connectivity index is 2.53. The second-order valence-electron chi connectivity index (χ2n) is 6.27. The fourth-order valence-electron chi connectivity index (χ4n) is 2.18. The Kier molecular flexibility index (Phi) is 6.76. The number of methoxy groups -OCH3 is 1. The van der Waals surface area contributed by atoms with Crippen molar-refractivity contribution in [3.8, 4) is 0 Å². The van der Waals surface area contributed by atoms with Gasteiger partial charge in [-0.2, -0.15) is 0 Å². The van der Waals surface area contributed by atoms with Crippen LogP contribution in [0.1, 0.15) is 25.3 Å². The standard InChI is InChI=1S/C16H29NOSi/c1-6-7-15(13-18-2)17-12-14-8-10-16(11-9-14)19(3,4)5/h8-11,15,17H,6-7,12-13H2,1-5H3. The fraction of sp³-hybridized carbons (Fsp3) is 0.625. The number of hydrogen-bond donors (Lipinski definition) is 1. The van der Waals surface area contributed by atoms with Gasteiger partial charge in [-0.05, 0) is 12.0 Å². The molecule has 0 aliphatic carbocycles. The normalized spacial score (nSPS) is 13.5. The lowest BCUT2D eigenvalue weighted by atomic mass is 10.1. The Bertz CT molecular complexity index is 350. The van der Waals surface area contributed by atoms with Crippen molar-refractivity contribution in [2.24, 2.45) is 0 Å². The highest BCUT2D eigenvalue weighted by molar-refractivity contribution is 6.88. The Morgan fingerprint density at radius 3 is 2.26 bits per heavy atom. The van der Waals surface area contributed by atoms with Crippen molar-refractivity contribution in [2.45, 2.75) is 52.0 Å². The minimum atomic E-state index is -1.17. The minimum Gasteiger partial charge on any atom is -0.383 e. The summed E-state index contributed by atoms with van der Waals surface area (Å²) in [5.74, 6) is 0. The van der Waals surface area contributed by atoms with Crippen LogP contribution in [0.4, 0.5) is 0 Å². The monoisotopic (exact) mass is 279 g/mol. The van der Waals surface area contributed by atoms with Crippen LogP contribution in [0.25, 0.3) is 0 Å². The zero-order valence-corrected chi connectivity index (χ0v) is 14.1. The summed E-state index contributed by atoms with van der Waals surface area (Å²) in [5, 5.41) is 5.11. The molecule has 1 unspecified atom stereocenters. The molecule has 1 N–H and O–H groups in total. The molecule has 1 aromatic carbocycles. The predicted molar refractivity (Wildman–Crippen MR) is 86.8 cm³/mol. The van der Waals surface area contributed by atoms with E-state index < -0.39 is 8.07 Å². The third-order valence-corrected chi connectivity index (χ3v) is 5.49. The summed E-state index contributed by atoms with van der Waals surface area (Å²) in [7, 11) is 0.604. The molecule has 0 aliphatic rings. The Morgan fingerprint density at radius 1 is 1.16 bits per heavy atom. The Hall–Kier alpha value is -0.643. The lowest BCUT2D eigenvalue weighted by Crippen LogP contribution is -2.37. The number of nitrogens with one attached hydrogen (secondary N) is 1. The molecule has 1 atom stereocenters. The van der Waals surface area contributed by atoms with E-state index in [0.717, 1.165) is 13.2 Å². The van der Waals surface area contributed by atoms with Gasteiger partial charge in [-0.25, -0.2) is 0 Å². The molecule has 0 aliphatic heterocycles. The van der Waals surface area contributed by atoms with Crippen LogP contribution < -0.4 is 10.5 Å². The van der Waals surface area contributed by atoms with Gasteiger partial charge >= 0.3 is 0 Å². The van der Waals surface area contributed by atoms with Gasteiger partial charge in [0.25, 0.3) is 0 Å². The number of benzene rings is 1. The number of ether oxygens (including phenoxy) is 1. The van der Waals surface area contributed by atoms with Crippen molar-refractivity contribution >= 4 is 13.3 Å². The van der Waals surface area contributed by atoms with Crippen molar-refractivity contribution in [1.82, 2.24) is 5.32 Å². The maximum atomic E-state index is 5.25. The average Bonchev–Trinajstić information content (AvgIpc) is 2.36. The van der Waals surface area contributed by atoms with Crippen LogP contribution in [0, 0.1) is 0 Å². The van der Waals surface area contributed by atoms with Crippen molar-refractivity contribution in [2.75, 3.05) is 13.7 Å². The minimum absolute atomic E-state index is 0.465. The van der Waals surface area contributed by atoms with E-state index in [-0.39, 0.29) is 0 Å². The highest BCUT2D eigenvalue weighted by atomic mass is 28.3. The predicted octanol–water partition coefficient (Wildman–Crippen LogP) is 3.14. The van der Waals surface area contributed by atoms with Crippen LogP contribution in [0.15, 0.2) is 24.3 Å². The van der Waals surface area contributed by atoms with Gasteiger partial charge in [0.2, 0.25) is 0 Å². The molecule has 0 heterocycles. The summed E-state index contributed by atoms with van der Waals surface area (Å²) in [6.07, 6.45) is 2.36. The average molecular weight is 279 g/mol. The van der Waals surface area contributed by atoms with Gasteiger partial charge in [-0.3, -0.25) is 0 Å². The van der Waals surface area contributed by atoms with Crippen LogP contribution in [0.5, 0.6) is 0 Å². The molecule has 0 aromatic heterocycles. The quantitative estimate of drug-likeness (QED) is 0.738. The first-order valence-electron chi connectivity index (χ1n) is 7.29. The van der Waals surface area contributed by atoms with Crippen molar-refractivity contribution in [3.05, 3.63) is 29.8 Å². The summed E-state index contributed by atoms with van der Waals surface area (Å²) in [4.78, 5) is 0. The first kappa shape index (κ1) is 16.4. The van der Waals surface area contributed by atoms with E-state index in [9.17, 15) is 0 Å². The van der Waals surface area contributed by atoms with Gasteiger partial charge in [0.15, 0.2) is 0 Å². The molecule has 1 rings (SSSR count). The molecule has 0 radical (unpaired) electrons. The second-order valence-corrected chi connectivity index (χ2v) is 11.3. The lowest BCUT2D eigenvalue weighted by Gasteiger charge is -2.19. The molecule has 0 bridgehead atoms.